The van der Waals surface area contributed by atoms with Gasteiger partial charge in [0, 0.05) is 12.7 Å². The zero-order valence-electron chi connectivity index (χ0n) is 6.01. The van der Waals surface area contributed by atoms with E-state index >= 15 is 0 Å². The van der Waals surface area contributed by atoms with Crippen molar-refractivity contribution < 1.29 is 14.4 Å². The Labute approximate surface area is 63.8 Å². The molecule has 1 rings (SSSR count). The summed E-state index contributed by atoms with van der Waals surface area (Å²) in [6, 6.07) is 0. The van der Waals surface area contributed by atoms with E-state index in [4.69, 9.17) is 9.79 Å². The van der Waals surface area contributed by atoms with E-state index in [2.05, 4.69) is 5.10 Å². The molecule has 0 unspecified atom stereocenters. The van der Waals surface area contributed by atoms with Crippen LogP contribution in [-0.4, -0.2) is 19.6 Å². The summed E-state index contributed by atoms with van der Waals surface area (Å²) >= 11 is 0. The Balaban J connectivity index is 2.99. The molecule has 2 N–H and O–H groups in total. The number of rotatable bonds is 2. The van der Waals surface area contributed by atoms with E-state index in [0.717, 1.165) is 0 Å². The fourth-order valence-electron chi connectivity index (χ4n) is 0.676. The van der Waals surface area contributed by atoms with Crippen LogP contribution in [0.5, 0.6) is 0 Å². The minimum absolute atomic E-state index is 0.0284. The Morgan fingerprint density at radius 2 is 2.36 bits per heavy atom. The van der Waals surface area contributed by atoms with Crippen LogP contribution < -0.4 is 5.30 Å². The number of hydrogen-bond donors (Lipinski definition) is 2. The van der Waals surface area contributed by atoms with Gasteiger partial charge in [0.15, 0.2) is 0 Å². The standard InChI is InChI=1S/C5H9N2O3P/c1-2-7-4-5(3-6-7)11(8,9)10/h3-4H,2H2,1H3,(H2,8,9,10). The number of aromatic nitrogens is 2. The molecule has 0 atom stereocenters. The summed E-state index contributed by atoms with van der Waals surface area (Å²) in [6.45, 7) is 2.45. The summed E-state index contributed by atoms with van der Waals surface area (Å²) in [5.41, 5.74) is 0. The normalized spacial score (nSPS) is 11.9. The quantitative estimate of drug-likeness (QED) is 0.607. The van der Waals surface area contributed by atoms with E-state index in [1.165, 1.54) is 17.1 Å². The molecule has 0 radical (unpaired) electrons. The highest BCUT2D eigenvalue weighted by molar-refractivity contribution is 7.60. The minimum Gasteiger partial charge on any atom is -0.321 e. The van der Waals surface area contributed by atoms with Gasteiger partial charge in [0.05, 0.1) is 6.20 Å². The average molecular weight is 176 g/mol. The molecule has 0 amide bonds. The van der Waals surface area contributed by atoms with E-state index in [1.807, 2.05) is 6.92 Å². The topological polar surface area (TPSA) is 75.4 Å². The maximum atomic E-state index is 10.6. The fourth-order valence-corrected chi connectivity index (χ4v) is 1.16. The third-order valence-electron chi connectivity index (χ3n) is 1.28. The third-order valence-corrected chi connectivity index (χ3v) is 2.18. The van der Waals surface area contributed by atoms with Crippen molar-refractivity contribution in [2.45, 2.75) is 13.5 Å². The van der Waals surface area contributed by atoms with Crippen molar-refractivity contribution in [1.82, 2.24) is 9.78 Å². The monoisotopic (exact) mass is 176 g/mol. The van der Waals surface area contributed by atoms with Crippen LogP contribution in [0.1, 0.15) is 6.92 Å². The highest BCUT2D eigenvalue weighted by Crippen LogP contribution is 2.32. The average Bonchev–Trinajstić information content (AvgIpc) is 2.32. The van der Waals surface area contributed by atoms with Crippen LogP contribution in [0.2, 0.25) is 0 Å². The van der Waals surface area contributed by atoms with Crippen LogP contribution in [0.3, 0.4) is 0 Å². The summed E-state index contributed by atoms with van der Waals surface area (Å²) in [6.07, 6.45) is 2.53. The van der Waals surface area contributed by atoms with E-state index in [-0.39, 0.29) is 5.30 Å². The first-order chi connectivity index (χ1) is 5.04. The summed E-state index contributed by atoms with van der Waals surface area (Å²) in [7, 11) is -4.09. The molecule has 0 aliphatic carbocycles. The molecule has 0 aromatic carbocycles. The Kier molecular flexibility index (Phi) is 2.13. The van der Waals surface area contributed by atoms with Gasteiger partial charge < -0.3 is 9.79 Å². The molecule has 0 fully saturated rings. The lowest BCUT2D eigenvalue weighted by molar-refractivity contribution is 0.387. The molecule has 1 aromatic heterocycles. The molecular weight excluding hydrogens is 167 g/mol. The van der Waals surface area contributed by atoms with Crippen LogP contribution in [0.4, 0.5) is 0 Å². The molecule has 62 valence electrons. The van der Waals surface area contributed by atoms with Gasteiger partial charge in [0.1, 0.15) is 5.30 Å². The lowest BCUT2D eigenvalue weighted by atomic mass is 10.7. The van der Waals surface area contributed by atoms with Gasteiger partial charge in [-0.1, -0.05) is 0 Å². The highest BCUT2D eigenvalue weighted by Gasteiger charge is 2.18. The van der Waals surface area contributed by atoms with Crippen LogP contribution in [0.25, 0.3) is 0 Å². The summed E-state index contributed by atoms with van der Waals surface area (Å²) in [4.78, 5) is 17.3. The molecule has 1 heterocycles. The second kappa shape index (κ2) is 2.77. The third kappa shape index (κ3) is 1.89. The predicted molar refractivity (Wildman–Crippen MR) is 39.6 cm³/mol. The molecule has 5 nitrogen and oxygen atoms in total. The molecule has 11 heavy (non-hydrogen) atoms. The molecule has 0 saturated carbocycles. The molecule has 0 bridgehead atoms. The summed E-state index contributed by atoms with van der Waals surface area (Å²) < 4.78 is 12.1. The highest BCUT2D eigenvalue weighted by atomic mass is 31.2. The summed E-state index contributed by atoms with van der Waals surface area (Å²) in [5.74, 6) is 0. The zero-order valence-corrected chi connectivity index (χ0v) is 6.90. The van der Waals surface area contributed by atoms with Crippen LogP contribution in [-0.2, 0) is 11.1 Å². The van der Waals surface area contributed by atoms with Crippen molar-refractivity contribution in [3.8, 4) is 0 Å². The smallest absolute Gasteiger partial charge is 0.321 e. The van der Waals surface area contributed by atoms with Crippen molar-refractivity contribution in [3.63, 3.8) is 0 Å². The predicted octanol–water partition coefficient (Wildman–Crippen LogP) is -0.294. The van der Waals surface area contributed by atoms with E-state index < -0.39 is 7.60 Å². The van der Waals surface area contributed by atoms with Gasteiger partial charge >= 0.3 is 7.60 Å². The van der Waals surface area contributed by atoms with Crippen molar-refractivity contribution in [3.05, 3.63) is 12.4 Å². The molecule has 0 saturated heterocycles. The Morgan fingerprint density at radius 3 is 2.64 bits per heavy atom. The van der Waals surface area contributed by atoms with Crippen LogP contribution in [0, 0.1) is 0 Å². The molecular formula is C5H9N2O3P. The lowest BCUT2D eigenvalue weighted by Gasteiger charge is -1.96. The molecule has 0 aliphatic heterocycles. The van der Waals surface area contributed by atoms with Crippen LogP contribution in [0.15, 0.2) is 12.4 Å². The SMILES string of the molecule is CCn1cc(P(=O)(O)O)cn1. The van der Waals surface area contributed by atoms with Gasteiger partial charge in [-0.25, -0.2) is 0 Å². The van der Waals surface area contributed by atoms with Gasteiger partial charge in [0.2, 0.25) is 0 Å². The second-order valence-electron chi connectivity index (χ2n) is 2.10. The first-order valence-electron chi connectivity index (χ1n) is 3.12. The molecule has 0 aliphatic rings. The number of aryl methyl sites for hydroxylation is 1. The molecule has 6 heteroatoms. The van der Waals surface area contributed by atoms with E-state index in [9.17, 15) is 4.57 Å². The number of hydrogen-bond acceptors (Lipinski definition) is 2. The van der Waals surface area contributed by atoms with Crippen LogP contribution >= 0.6 is 7.60 Å². The second-order valence-corrected chi connectivity index (χ2v) is 3.70. The minimum atomic E-state index is -4.09. The lowest BCUT2D eigenvalue weighted by Crippen LogP contribution is -2.00. The van der Waals surface area contributed by atoms with Gasteiger partial charge in [-0.3, -0.25) is 9.25 Å². The van der Waals surface area contributed by atoms with Crippen molar-refractivity contribution in [2.24, 2.45) is 0 Å². The van der Waals surface area contributed by atoms with Crippen molar-refractivity contribution in [1.29, 1.82) is 0 Å². The first-order valence-corrected chi connectivity index (χ1v) is 4.74. The maximum absolute atomic E-state index is 10.6. The summed E-state index contributed by atoms with van der Waals surface area (Å²) in [5, 5.41) is 3.70. The van der Waals surface area contributed by atoms with Gasteiger partial charge in [-0.2, -0.15) is 5.10 Å². The van der Waals surface area contributed by atoms with Crippen molar-refractivity contribution >= 4 is 12.9 Å². The Bertz CT molecular complexity index is 290. The zero-order chi connectivity index (χ0) is 8.48. The Hall–Kier alpha value is -0.640. The van der Waals surface area contributed by atoms with Gasteiger partial charge in [0.25, 0.3) is 0 Å². The van der Waals surface area contributed by atoms with Gasteiger partial charge in [-0.15, -0.1) is 0 Å². The molecule has 0 spiro atoms. The maximum Gasteiger partial charge on any atom is 0.359 e. The van der Waals surface area contributed by atoms with E-state index in [0.29, 0.717) is 6.54 Å². The first kappa shape index (κ1) is 8.46. The van der Waals surface area contributed by atoms with Gasteiger partial charge in [-0.05, 0) is 6.92 Å². The van der Waals surface area contributed by atoms with Crippen molar-refractivity contribution in [2.75, 3.05) is 0 Å². The Morgan fingerprint density at radius 1 is 1.73 bits per heavy atom. The van der Waals surface area contributed by atoms with E-state index in [1.54, 1.807) is 0 Å². The molecule has 1 aromatic rings. The fraction of sp³-hybridized carbons (Fsp3) is 0.400. The largest absolute Gasteiger partial charge is 0.359 e. The number of nitrogens with zero attached hydrogens (tertiary/aromatic N) is 2.